The van der Waals surface area contributed by atoms with Crippen molar-refractivity contribution in [1.29, 1.82) is 0 Å². The number of hydrogen-bond donors (Lipinski definition) is 1. The first-order valence-corrected chi connectivity index (χ1v) is 7.45. The quantitative estimate of drug-likeness (QED) is 0.767. The van der Waals surface area contributed by atoms with E-state index >= 15 is 0 Å². The monoisotopic (exact) mass is 240 g/mol. The minimum Gasteiger partial charge on any atom is -0.315 e. The average Bonchev–Trinajstić information content (AvgIpc) is 2.34. The van der Waals surface area contributed by atoms with E-state index in [4.69, 9.17) is 0 Å². The Kier molecular flexibility index (Phi) is 6.50. The highest BCUT2D eigenvalue weighted by atomic mass is 15.2. The predicted octanol–water partition coefficient (Wildman–Crippen LogP) is 3.13. The molecule has 102 valence electrons. The van der Waals surface area contributed by atoms with Gasteiger partial charge < -0.3 is 10.2 Å². The number of rotatable bonds is 6. The second kappa shape index (κ2) is 7.38. The van der Waals surface area contributed by atoms with E-state index in [0.29, 0.717) is 6.04 Å². The van der Waals surface area contributed by atoms with Gasteiger partial charge in [-0.15, -0.1) is 0 Å². The normalized spacial score (nSPS) is 30.2. The molecule has 0 aromatic carbocycles. The summed E-state index contributed by atoms with van der Waals surface area (Å²) in [5.74, 6) is 1.77. The van der Waals surface area contributed by atoms with Crippen molar-refractivity contribution in [2.45, 2.75) is 65.0 Å². The lowest BCUT2D eigenvalue weighted by molar-refractivity contribution is 0.117. The Morgan fingerprint density at radius 3 is 2.53 bits per heavy atom. The van der Waals surface area contributed by atoms with E-state index in [0.717, 1.165) is 17.9 Å². The second-order valence-corrected chi connectivity index (χ2v) is 6.21. The highest BCUT2D eigenvalue weighted by Crippen LogP contribution is 2.29. The fourth-order valence-corrected chi connectivity index (χ4v) is 3.05. The maximum Gasteiger partial charge on any atom is 0.0248 e. The molecule has 3 unspecified atom stereocenters. The molecule has 0 bridgehead atoms. The number of nitrogens with zero attached hydrogens (tertiary/aromatic N) is 1. The zero-order chi connectivity index (χ0) is 12.8. The summed E-state index contributed by atoms with van der Waals surface area (Å²) in [6.07, 6.45) is 6.82. The summed E-state index contributed by atoms with van der Waals surface area (Å²) in [5.41, 5.74) is 0. The molecule has 1 saturated carbocycles. The van der Waals surface area contributed by atoms with Crippen molar-refractivity contribution >= 4 is 0 Å². The Hall–Kier alpha value is -0.0800. The highest BCUT2D eigenvalue weighted by Gasteiger charge is 2.31. The molecular formula is C15H32N2. The summed E-state index contributed by atoms with van der Waals surface area (Å²) < 4.78 is 0. The topological polar surface area (TPSA) is 15.3 Å². The lowest BCUT2D eigenvalue weighted by Crippen LogP contribution is -2.51. The maximum atomic E-state index is 3.53. The van der Waals surface area contributed by atoms with Gasteiger partial charge >= 0.3 is 0 Å². The van der Waals surface area contributed by atoms with Crippen molar-refractivity contribution < 1.29 is 0 Å². The summed E-state index contributed by atoms with van der Waals surface area (Å²) >= 11 is 0. The van der Waals surface area contributed by atoms with E-state index in [-0.39, 0.29) is 0 Å². The van der Waals surface area contributed by atoms with Crippen LogP contribution in [0.15, 0.2) is 0 Å². The molecule has 17 heavy (non-hydrogen) atoms. The van der Waals surface area contributed by atoms with Gasteiger partial charge in [0.05, 0.1) is 0 Å². The van der Waals surface area contributed by atoms with Crippen molar-refractivity contribution in [2.75, 3.05) is 20.6 Å². The van der Waals surface area contributed by atoms with Gasteiger partial charge in [0, 0.05) is 12.1 Å². The Bertz CT molecular complexity index is 203. The van der Waals surface area contributed by atoms with Crippen LogP contribution in [0.4, 0.5) is 0 Å². The van der Waals surface area contributed by atoms with Crippen LogP contribution in [0.3, 0.4) is 0 Å². The molecule has 1 aliphatic carbocycles. The standard InChI is InChI=1S/C15H32N2/c1-6-13-7-8-14(16-4)15(11-13)17(5)10-9-12(2)3/h12-16H,6-11H2,1-5H3. The Morgan fingerprint density at radius 2 is 2.00 bits per heavy atom. The van der Waals surface area contributed by atoms with Crippen LogP contribution in [-0.2, 0) is 0 Å². The Balaban J connectivity index is 2.49. The van der Waals surface area contributed by atoms with Crippen molar-refractivity contribution in [3.8, 4) is 0 Å². The summed E-state index contributed by atoms with van der Waals surface area (Å²) in [6.45, 7) is 8.23. The summed E-state index contributed by atoms with van der Waals surface area (Å²) in [5, 5.41) is 3.53. The summed E-state index contributed by atoms with van der Waals surface area (Å²) in [6, 6.07) is 1.45. The first-order chi connectivity index (χ1) is 8.08. The van der Waals surface area contributed by atoms with Crippen LogP contribution in [0.2, 0.25) is 0 Å². The molecule has 0 aromatic rings. The first-order valence-electron chi connectivity index (χ1n) is 7.45. The van der Waals surface area contributed by atoms with Crippen molar-refractivity contribution in [2.24, 2.45) is 11.8 Å². The second-order valence-electron chi connectivity index (χ2n) is 6.21. The molecule has 1 fully saturated rings. The molecule has 0 amide bonds. The molecular weight excluding hydrogens is 208 g/mol. The lowest BCUT2D eigenvalue weighted by Gasteiger charge is -2.41. The summed E-state index contributed by atoms with van der Waals surface area (Å²) in [7, 11) is 4.44. The largest absolute Gasteiger partial charge is 0.315 e. The van der Waals surface area contributed by atoms with Gasteiger partial charge in [0.1, 0.15) is 0 Å². The third-order valence-corrected chi connectivity index (χ3v) is 4.50. The minimum atomic E-state index is 0.704. The first kappa shape index (κ1) is 15.0. The zero-order valence-corrected chi connectivity index (χ0v) is 12.5. The van der Waals surface area contributed by atoms with E-state index in [1.54, 1.807) is 0 Å². The zero-order valence-electron chi connectivity index (χ0n) is 12.5. The average molecular weight is 240 g/mol. The van der Waals surface area contributed by atoms with Crippen LogP contribution in [-0.4, -0.2) is 37.6 Å². The van der Waals surface area contributed by atoms with Gasteiger partial charge in [0.25, 0.3) is 0 Å². The van der Waals surface area contributed by atoms with E-state index in [1.165, 1.54) is 38.6 Å². The van der Waals surface area contributed by atoms with Gasteiger partial charge in [-0.25, -0.2) is 0 Å². The predicted molar refractivity (Wildman–Crippen MR) is 76.4 cm³/mol. The van der Waals surface area contributed by atoms with Gasteiger partial charge in [-0.2, -0.15) is 0 Å². The molecule has 3 atom stereocenters. The van der Waals surface area contributed by atoms with Crippen molar-refractivity contribution in [1.82, 2.24) is 10.2 Å². The van der Waals surface area contributed by atoms with Crippen molar-refractivity contribution in [3.63, 3.8) is 0 Å². The number of hydrogen-bond acceptors (Lipinski definition) is 2. The van der Waals surface area contributed by atoms with Gasteiger partial charge in [0.15, 0.2) is 0 Å². The van der Waals surface area contributed by atoms with Crippen LogP contribution < -0.4 is 5.32 Å². The van der Waals surface area contributed by atoms with Gasteiger partial charge in [-0.3, -0.25) is 0 Å². The van der Waals surface area contributed by atoms with Crippen LogP contribution in [0.25, 0.3) is 0 Å². The lowest BCUT2D eigenvalue weighted by atomic mass is 9.80. The van der Waals surface area contributed by atoms with Crippen LogP contribution >= 0.6 is 0 Å². The van der Waals surface area contributed by atoms with Gasteiger partial charge in [-0.1, -0.05) is 27.2 Å². The molecule has 0 saturated heterocycles. The van der Waals surface area contributed by atoms with Gasteiger partial charge in [-0.05, 0) is 58.2 Å². The highest BCUT2D eigenvalue weighted by molar-refractivity contribution is 4.89. The third-order valence-electron chi connectivity index (χ3n) is 4.50. The molecule has 0 spiro atoms. The molecule has 2 nitrogen and oxygen atoms in total. The fourth-order valence-electron chi connectivity index (χ4n) is 3.05. The Morgan fingerprint density at radius 1 is 1.29 bits per heavy atom. The molecule has 0 radical (unpaired) electrons. The molecule has 0 heterocycles. The smallest absolute Gasteiger partial charge is 0.0248 e. The Labute approximate surface area is 108 Å². The molecule has 1 aliphatic rings. The molecule has 0 aliphatic heterocycles. The van der Waals surface area contributed by atoms with E-state index in [9.17, 15) is 0 Å². The van der Waals surface area contributed by atoms with E-state index < -0.39 is 0 Å². The van der Waals surface area contributed by atoms with Crippen LogP contribution in [0.1, 0.15) is 52.9 Å². The van der Waals surface area contributed by atoms with E-state index in [1.807, 2.05) is 0 Å². The van der Waals surface area contributed by atoms with Crippen LogP contribution in [0.5, 0.6) is 0 Å². The maximum absolute atomic E-state index is 3.53. The SMILES string of the molecule is CCC1CCC(NC)C(N(C)CCC(C)C)C1. The molecule has 1 rings (SSSR count). The molecule has 2 heteroatoms. The minimum absolute atomic E-state index is 0.704. The van der Waals surface area contributed by atoms with Gasteiger partial charge in [0.2, 0.25) is 0 Å². The van der Waals surface area contributed by atoms with E-state index in [2.05, 4.69) is 45.1 Å². The third kappa shape index (κ3) is 4.59. The summed E-state index contributed by atoms with van der Waals surface area (Å²) in [4.78, 5) is 2.60. The molecule has 0 aromatic heterocycles. The van der Waals surface area contributed by atoms with Crippen molar-refractivity contribution in [3.05, 3.63) is 0 Å². The van der Waals surface area contributed by atoms with Crippen LogP contribution in [0, 0.1) is 11.8 Å². The number of nitrogens with one attached hydrogen (secondary N) is 1. The molecule has 1 N–H and O–H groups in total. The fraction of sp³-hybridized carbons (Fsp3) is 1.00. The number of likely N-dealkylation sites (N-methyl/N-ethyl adjacent to an activating group) is 2.